The SMILES string of the molecule is O=C(Nc1nnc(SCc2cccc(Cl)c2)s1)c1c(F)cccc1F. The number of halogens is 3. The van der Waals surface area contributed by atoms with Gasteiger partial charge in [0.1, 0.15) is 17.2 Å². The number of hydrogen-bond donors (Lipinski definition) is 1. The first-order valence-electron chi connectivity index (χ1n) is 6.99. The highest BCUT2D eigenvalue weighted by molar-refractivity contribution is 8.00. The van der Waals surface area contributed by atoms with Crippen molar-refractivity contribution >= 4 is 45.7 Å². The second-order valence-corrected chi connectivity index (χ2v) is 7.48. The average Bonchev–Trinajstić information content (AvgIpc) is 3.00. The first-order valence-corrected chi connectivity index (χ1v) is 9.17. The first-order chi connectivity index (χ1) is 12.0. The molecule has 0 unspecified atom stereocenters. The van der Waals surface area contributed by atoms with Crippen molar-refractivity contribution in [3.05, 3.63) is 70.2 Å². The summed E-state index contributed by atoms with van der Waals surface area (Å²) < 4.78 is 27.8. The van der Waals surface area contributed by atoms with Gasteiger partial charge in [-0.1, -0.05) is 52.9 Å². The summed E-state index contributed by atoms with van der Waals surface area (Å²) in [5.41, 5.74) is 0.373. The Morgan fingerprint density at radius 2 is 1.88 bits per heavy atom. The maximum absolute atomic E-state index is 13.6. The molecule has 0 saturated heterocycles. The van der Waals surface area contributed by atoms with E-state index in [-0.39, 0.29) is 5.13 Å². The molecule has 0 aliphatic rings. The molecule has 0 radical (unpaired) electrons. The van der Waals surface area contributed by atoms with E-state index in [9.17, 15) is 13.6 Å². The number of nitrogens with zero attached hydrogens (tertiary/aromatic N) is 2. The molecular weight excluding hydrogens is 388 g/mol. The predicted octanol–water partition coefficient (Wildman–Crippen LogP) is 5.01. The van der Waals surface area contributed by atoms with Crippen LogP contribution in [0, 0.1) is 11.6 Å². The Hall–Kier alpha value is -2.03. The Kier molecular flexibility index (Phi) is 5.62. The van der Waals surface area contributed by atoms with Gasteiger partial charge in [-0.15, -0.1) is 10.2 Å². The van der Waals surface area contributed by atoms with Gasteiger partial charge in [0, 0.05) is 10.8 Å². The minimum Gasteiger partial charge on any atom is -0.296 e. The lowest BCUT2D eigenvalue weighted by Crippen LogP contribution is -2.15. The van der Waals surface area contributed by atoms with Gasteiger partial charge in [0.2, 0.25) is 5.13 Å². The Labute approximate surface area is 155 Å². The molecule has 128 valence electrons. The van der Waals surface area contributed by atoms with Gasteiger partial charge in [-0.3, -0.25) is 10.1 Å². The standard InChI is InChI=1S/C16H10ClF2N3OS2/c17-10-4-1-3-9(7-10)8-24-16-22-21-15(25-16)20-14(23)13-11(18)5-2-6-12(13)19/h1-7H,8H2,(H,20,21,23). The summed E-state index contributed by atoms with van der Waals surface area (Å²) >= 11 is 8.47. The number of nitrogens with one attached hydrogen (secondary N) is 1. The molecule has 0 aliphatic carbocycles. The zero-order valence-corrected chi connectivity index (χ0v) is 14.9. The highest BCUT2D eigenvalue weighted by Crippen LogP contribution is 2.29. The predicted molar refractivity (Wildman–Crippen MR) is 95.2 cm³/mol. The zero-order valence-electron chi connectivity index (χ0n) is 12.5. The van der Waals surface area contributed by atoms with E-state index in [2.05, 4.69) is 15.5 Å². The minimum absolute atomic E-state index is 0.168. The second kappa shape index (κ2) is 7.90. The smallest absolute Gasteiger partial charge is 0.263 e. The van der Waals surface area contributed by atoms with Crippen molar-refractivity contribution in [3.63, 3.8) is 0 Å². The quantitative estimate of drug-likeness (QED) is 0.485. The van der Waals surface area contributed by atoms with Gasteiger partial charge >= 0.3 is 0 Å². The number of carbonyl (C=O) groups excluding carboxylic acids is 1. The molecule has 0 spiro atoms. The van der Waals surface area contributed by atoms with Gasteiger partial charge in [0.25, 0.3) is 5.91 Å². The third-order valence-electron chi connectivity index (χ3n) is 3.07. The third-order valence-corrected chi connectivity index (χ3v) is 5.35. The van der Waals surface area contributed by atoms with E-state index in [1.165, 1.54) is 17.8 Å². The number of rotatable bonds is 5. The normalized spacial score (nSPS) is 10.7. The molecule has 1 amide bonds. The van der Waals surface area contributed by atoms with Crippen LogP contribution in [0.15, 0.2) is 46.8 Å². The van der Waals surface area contributed by atoms with Gasteiger partial charge in [0.15, 0.2) is 4.34 Å². The van der Waals surface area contributed by atoms with E-state index in [0.29, 0.717) is 15.1 Å². The number of hydrogen-bond acceptors (Lipinski definition) is 5. The van der Waals surface area contributed by atoms with Crippen molar-refractivity contribution in [3.8, 4) is 0 Å². The van der Waals surface area contributed by atoms with E-state index in [0.717, 1.165) is 29.0 Å². The van der Waals surface area contributed by atoms with E-state index in [1.807, 2.05) is 18.2 Å². The summed E-state index contributed by atoms with van der Waals surface area (Å²) in [4.78, 5) is 12.0. The molecule has 3 aromatic rings. The lowest BCUT2D eigenvalue weighted by atomic mass is 10.2. The van der Waals surface area contributed by atoms with Crippen LogP contribution in [0.5, 0.6) is 0 Å². The summed E-state index contributed by atoms with van der Waals surface area (Å²) in [7, 11) is 0. The zero-order chi connectivity index (χ0) is 17.8. The van der Waals surface area contributed by atoms with Crippen LogP contribution in [-0.4, -0.2) is 16.1 Å². The fourth-order valence-electron chi connectivity index (χ4n) is 1.96. The van der Waals surface area contributed by atoms with Crippen LogP contribution >= 0.6 is 34.7 Å². The fraction of sp³-hybridized carbons (Fsp3) is 0.0625. The topological polar surface area (TPSA) is 54.9 Å². The lowest BCUT2D eigenvalue weighted by Gasteiger charge is -2.03. The van der Waals surface area contributed by atoms with E-state index >= 15 is 0 Å². The highest BCUT2D eigenvalue weighted by atomic mass is 35.5. The summed E-state index contributed by atoms with van der Waals surface area (Å²) in [6.07, 6.45) is 0. The number of thioether (sulfide) groups is 1. The van der Waals surface area contributed by atoms with Crippen molar-refractivity contribution in [1.82, 2.24) is 10.2 Å². The van der Waals surface area contributed by atoms with Crippen LogP contribution < -0.4 is 5.32 Å². The number of benzene rings is 2. The minimum atomic E-state index is -0.933. The number of anilines is 1. The molecule has 0 fully saturated rings. The highest BCUT2D eigenvalue weighted by Gasteiger charge is 2.18. The molecule has 0 bridgehead atoms. The molecule has 3 rings (SSSR count). The number of aromatic nitrogens is 2. The number of carbonyl (C=O) groups is 1. The van der Waals surface area contributed by atoms with Crippen molar-refractivity contribution in [2.24, 2.45) is 0 Å². The van der Waals surface area contributed by atoms with Crippen LogP contribution in [-0.2, 0) is 5.75 Å². The molecular formula is C16H10ClF2N3OS2. The molecule has 9 heteroatoms. The van der Waals surface area contributed by atoms with Gasteiger partial charge < -0.3 is 0 Å². The van der Waals surface area contributed by atoms with Crippen LogP contribution in [0.4, 0.5) is 13.9 Å². The molecule has 2 aromatic carbocycles. The Bertz CT molecular complexity index is 900. The van der Waals surface area contributed by atoms with E-state index in [4.69, 9.17) is 11.6 Å². The van der Waals surface area contributed by atoms with Gasteiger partial charge in [-0.25, -0.2) is 8.78 Å². The molecule has 1 heterocycles. The lowest BCUT2D eigenvalue weighted by molar-refractivity contribution is 0.101. The van der Waals surface area contributed by atoms with E-state index < -0.39 is 23.1 Å². The Morgan fingerprint density at radius 3 is 2.60 bits per heavy atom. The summed E-state index contributed by atoms with van der Waals surface area (Å²) in [5.74, 6) is -2.14. The molecule has 0 aliphatic heterocycles. The largest absolute Gasteiger partial charge is 0.296 e. The molecule has 1 aromatic heterocycles. The molecule has 4 nitrogen and oxygen atoms in total. The maximum atomic E-state index is 13.6. The van der Waals surface area contributed by atoms with Gasteiger partial charge in [0.05, 0.1) is 0 Å². The summed E-state index contributed by atoms with van der Waals surface area (Å²) in [5, 5.41) is 10.9. The monoisotopic (exact) mass is 397 g/mol. The first kappa shape index (κ1) is 17.8. The van der Waals surface area contributed by atoms with Gasteiger partial charge in [-0.2, -0.15) is 0 Å². The second-order valence-electron chi connectivity index (χ2n) is 4.84. The molecule has 1 N–H and O–H groups in total. The summed E-state index contributed by atoms with van der Waals surface area (Å²) in [6.45, 7) is 0. The average molecular weight is 398 g/mol. The van der Waals surface area contributed by atoms with Gasteiger partial charge in [-0.05, 0) is 29.8 Å². The summed E-state index contributed by atoms with van der Waals surface area (Å²) in [6, 6.07) is 10.7. The maximum Gasteiger partial charge on any atom is 0.263 e. The number of amides is 1. The van der Waals surface area contributed by atoms with E-state index in [1.54, 1.807) is 6.07 Å². The van der Waals surface area contributed by atoms with Crippen molar-refractivity contribution in [2.75, 3.05) is 5.32 Å². The van der Waals surface area contributed by atoms with Crippen molar-refractivity contribution in [2.45, 2.75) is 10.1 Å². The van der Waals surface area contributed by atoms with Crippen LogP contribution in [0.1, 0.15) is 15.9 Å². The molecule has 0 atom stereocenters. The fourth-order valence-corrected chi connectivity index (χ4v) is 3.87. The molecule has 0 saturated carbocycles. The van der Waals surface area contributed by atoms with Crippen LogP contribution in [0.3, 0.4) is 0 Å². The molecule has 25 heavy (non-hydrogen) atoms. The van der Waals surface area contributed by atoms with Crippen molar-refractivity contribution in [1.29, 1.82) is 0 Å². The Balaban J connectivity index is 1.64. The van der Waals surface area contributed by atoms with Crippen LogP contribution in [0.2, 0.25) is 5.02 Å². The Morgan fingerprint density at radius 1 is 1.16 bits per heavy atom. The van der Waals surface area contributed by atoms with Crippen LogP contribution in [0.25, 0.3) is 0 Å². The third kappa shape index (κ3) is 4.53. The van der Waals surface area contributed by atoms with Crippen molar-refractivity contribution < 1.29 is 13.6 Å².